The first-order valence-corrected chi connectivity index (χ1v) is 7.63. The maximum Gasteiger partial charge on any atom is 0.312 e. The van der Waals surface area contributed by atoms with Crippen molar-refractivity contribution >= 4 is 5.97 Å². The van der Waals surface area contributed by atoms with E-state index in [-0.39, 0.29) is 11.4 Å². The molecule has 18 heavy (non-hydrogen) atoms. The number of hydrogen-bond acceptors (Lipinski definition) is 3. The highest BCUT2D eigenvalue weighted by Gasteiger charge is 2.71. The molecule has 98 valence electrons. The average Bonchev–Trinajstić information content (AvgIpc) is 3.05. The van der Waals surface area contributed by atoms with Gasteiger partial charge in [-0.25, -0.2) is 0 Å². The van der Waals surface area contributed by atoms with Gasteiger partial charge < -0.3 is 10.5 Å². The topological polar surface area (TPSA) is 52.3 Å². The Morgan fingerprint density at radius 2 is 2.06 bits per heavy atom. The van der Waals surface area contributed by atoms with E-state index < -0.39 is 0 Å². The summed E-state index contributed by atoms with van der Waals surface area (Å²) in [4.78, 5) is 12.2. The van der Waals surface area contributed by atoms with Gasteiger partial charge in [-0.05, 0) is 67.6 Å². The van der Waals surface area contributed by atoms with Crippen LogP contribution in [0.3, 0.4) is 0 Å². The van der Waals surface area contributed by atoms with Crippen LogP contribution in [-0.2, 0) is 9.53 Å². The minimum absolute atomic E-state index is 0.0552. The van der Waals surface area contributed by atoms with Crippen LogP contribution >= 0.6 is 0 Å². The standard InChI is InChI=1S/C15H21NO2/c16-11-5-7-3-9(11)12-8-4-10(13(7)12)15(6-8)1-2-18-14(15)17/h7-13H,1-6,16H2. The lowest BCUT2D eigenvalue weighted by molar-refractivity contribution is -0.151. The van der Waals surface area contributed by atoms with Crippen LogP contribution in [0.15, 0.2) is 0 Å². The molecular formula is C15H21NO2. The molecule has 1 spiro atoms. The summed E-state index contributed by atoms with van der Waals surface area (Å²) < 4.78 is 5.33. The average molecular weight is 247 g/mol. The molecule has 4 saturated carbocycles. The molecule has 1 saturated heterocycles. The molecular weight excluding hydrogens is 226 g/mol. The molecule has 0 aromatic carbocycles. The third-order valence-corrected chi connectivity index (χ3v) is 7.27. The van der Waals surface area contributed by atoms with E-state index in [1.165, 1.54) is 19.3 Å². The fourth-order valence-electron chi connectivity index (χ4n) is 6.93. The van der Waals surface area contributed by atoms with Crippen molar-refractivity contribution in [2.75, 3.05) is 6.61 Å². The van der Waals surface area contributed by atoms with E-state index in [0.717, 1.165) is 42.4 Å². The van der Waals surface area contributed by atoms with E-state index in [9.17, 15) is 4.79 Å². The molecule has 0 aromatic rings. The van der Waals surface area contributed by atoms with Gasteiger partial charge in [-0.1, -0.05) is 0 Å². The fraction of sp³-hybridized carbons (Fsp3) is 0.933. The zero-order chi connectivity index (χ0) is 12.1. The molecule has 8 atom stereocenters. The van der Waals surface area contributed by atoms with Crippen molar-refractivity contribution in [3.8, 4) is 0 Å². The summed E-state index contributed by atoms with van der Waals surface area (Å²) in [6.07, 6.45) is 5.99. The normalized spacial score (nSPS) is 63.8. The van der Waals surface area contributed by atoms with Gasteiger partial charge in [0, 0.05) is 6.04 Å². The van der Waals surface area contributed by atoms with E-state index in [1.54, 1.807) is 0 Å². The number of fused-ring (bicyclic) bond motifs is 10. The predicted octanol–water partition coefficient (Wildman–Crippen LogP) is 1.56. The zero-order valence-electron chi connectivity index (χ0n) is 10.7. The van der Waals surface area contributed by atoms with Gasteiger partial charge >= 0.3 is 5.97 Å². The maximum atomic E-state index is 12.2. The summed E-state index contributed by atoms with van der Waals surface area (Å²) >= 11 is 0. The van der Waals surface area contributed by atoms with E-state index in [0.29, 0.717) is 18.6 Å². The summed E-state index contributed by atoms with van der Waals surface area (Å²) in [5.74, 6) is 4.86. The van der Waals surface area contributed by atoms with Gasteiger partial charge in [0.25, 0.3) is 0 Å². The molecule has 1 aliphatic heterocycles. The van der Waals surface area contributed by atoms with E-state index >= 15 is 0 Å². The summed E-state index contributed by atoms with van der Waals surface area (Å²) in [5.41, 5.74) is 6.23. The Morgan fingerprint density at radius 3 is 2.83 bits per heavy atom. The highest BCUT2D eigenvalue weighted by Crippen LogP contribution is 2.73. The van der Waals surface area contributed by atoms with Crippen LogP contribution in [0.2, 0.25) is 0 Å². The number of nitrogens with two attached hydrogens (primary N) is 1. The van der Waals surface area contributed by atoms with Crippen molar-refractivity contribution in [2.24, 2.45) is 46.7 Å². The van der Waals surface area contributed by atoms with Crippen LogP contribution in [0.4, 0.5) is 0 Å². The first-order valence-electron chi connectivity index (χ1n) is 7.63. The predicted molar refractivity (Wildman–Crippen MR) is 65.4 cm³/mol. The quantitative estimate of drug-likeness (QED) is 0.522. The highest BCUT2D eigenvalue weighted by atomic mass is 16.5. The second-order valence-corrected chi connectivity index (χ2v) is 7.56. The fourth-order valence-corrected chi connectivity index (χ4v) is 6.93. The van der Waals surface area contributed by atoms with Crippen LogP contribution in [0.1, 0.15) is 32.1 Å². The molecule has 0 amide bonds. The number of carbonyl (C=O) groups is 1. The lowest BCUT2D eigenvalue weighted by Crippen LogP contribution is -2.46. The summed E-state index contributed by atoms with van der Waals surface area (Å²) in [7, 11) is 0. The van der Waals surface area contributed by atoms with Crippen molar-refractivity contribution in [1.29, 1.82) is 0 Å². The Balaban J connectivity index is 1.55. The van der Waals surface area contributed by atoms with Gasteiger partial charge in [0.15, 0.2) is 0 Å². The van der Waals surface area contributed by atoms with Crippen molar-refractivity contribution < 1.29 is 9.53 Å². The molecule has 0 radical (unpaired) electrons. The molecule has 0 aromatic heterocycles. The van der Waals surface area contributed by atoms with Gasteiger partial charge in [-0.3, -0.25) is 4.79 Å². The third-order valence-electron chi connectivity index (χ3n) is 7.27. The maximum absolute atomic E-state index is 12.2. The second kappa shape index (κ2) is 2.95. The highest BCUT2D eigenvalue weighted by molar-refractivity contribution is 5.80. The van der Waals surface area contributed by atoms with Crippen molar-refractivity contribution in [3.05, 3.63) is 0 Å². The third kappa shape index (κ3) is 0.910. The molecule has 8 unspecified atom stereocenters. The Labute approximate surface area is 107 Å². The number of hydrogen-bond donors (Lipinski definition) is 1. The summed E-state index contributed by atoms with van der Waals surface area (Å²) in [5, 5.41) is 0. The zero-order valence-corrected chi connectivity index (χ0v) is 10.7. The molecule has 5 aliphatic rings. The van der Waals surface area contributed by atoms with E-state index in [1.807, 2.05) is 0 Å². The molecule has 4 aliphatic carbocycles. The van der Waals surface area contributed by atoms with Crippen molar-refractivity contribution in [2.45, 2.75) is 38.1 Å². The number of cyclic esters (lactones) is 1. The van der Waals surface area contributed by atoms with Crippen molar-refractivity contribution in [3.63, 3.8) is 0 Å². The van der Waals surface area contributed by atoms with Gasteiger partial charge in [0.05, 0.1) is 12.0 Å². The number of esters is 1. The molecule has 5 rings (SSSR count). The van der Waals surface area contributed by atoms with E-state index in [4.69, 9.17) is 10.5 Å². The molecule has 5 fully saturated rings. The number of ether oxygens (including phenoxy) is 1. The second-order valence-electron chi connectivity index (χ2n) is 7.56. The first-order chi connectivity index (χ1) is 8.71. The lowest BCUT2D eigenvalue weighted by atomic mass is 9.60. The smallest absolute Gasteiger partial charge is 0.312 e. The molecule has 3 nitrogen and oxygen atoms in total. The monoisotopic (exact) mass is 247 g/mol. The van der Waals surface area contributed by atoms with Crippen LogP contribution in [0.25, 0.3) is 0 Å². The van der Waals surface area contributed by atoms with Gasteiger partial charge in [0.1, 0.15) is 0 Å². The molecule has 3 heteroatoms. The van der Waals surface area contributed by atoms with Gasteiger partial charge in [0.2, 0.25) is 0 Å². The molecule has 2 N–H and O–H groups in total. The minimum atomic E-state index is -0.0552. The Morgan fingerprint density at radius 1 is 1.17 bits per heavy atom. The van der Waals surface area contributed by atoms with Gasteiger partial charge in [-0.2, -0.15) is 0 Å². The minimum Gasteiger partial charge on any atom is -0.465 e. The number of rotatable bonds is 0. The largest absolute Gasteiger partial charge is 0.465 e. The molecule has 4 bridgehead atoms. The Kier molecular flexibility index (Phi) is 1.68. The Hall–Kier alpha value is -0.570. The van der Waals surface area contributed by atoms with Crippen LogP contribution in [0, 0.1) is 40.9 Å². The van der Waals surface area contributed by atoms with Crippen LogP contribution in [-0.4, -0.2) is 18.6 Å². The summed E-state index contributed by atoms with van der Waals surface area (Å²) in [6.45, 7) is 0.674. The van der Waals surface area contributed by atoms with Gasteiger partial charge in [-0.15, -0.1) is 0 Å². The summed E-state index contributed by atoms with van der Waals surface area (Å²) in [6, 6.07) is 0.460. The molecule has 1 heterocycles. The SMILES string of the molecule is NC1CC2CC1C1C3CC(C21)C1(CCOC1=O)C3. The van der Waals surface area contributed by atoms with Crippen molar-refractivity contribution in [1.82, 2.24) is 0 Å². The number of carbonyl (C=O) groups excluding carboxylic acids is 1. The van der Waals surface area contributed by atoms with E-state index in [2.05, 4.69) is 0 Å². The first kappa shape index (κ1) is 10.2. The lowest BCUT2D eigenvalue weighted by Gasteiger charge is -2.43. The Bertz CT molecular complexity index is 436. The van der Waals surface area contributed by atoms with Crippen LogP contribution < -0.4 is 5.73 Å². The van der Waals surface area contributed by atoms with Crippen LogP contribution in [0.5, 0.6) is 0 Å².